The molecule has 2 aromatic rings. The van der Waals surface area contributed by atoms with Crippen molar-refractivity contribution in [1.82, 2.24) is 0 Å². The van der Waals surface area contributed by atoms with Crippen molar-refractivity contribution >= 4 is 27.7 Å². The number of thiophene rings is 1. The van der Waals surface area contributed by atoms with Gasteiger partial charge < -0.3 is 5.11 Å². The molecule has 0 aliphatic rings. The molecule has 0 unspecified atom stereocenters. The number of carbonyl (C=O) groups is 1. The quantitative estimate of drug-likeness (QED) is 0.766. The average molecular weight is 206 g/mol. The Hall–Kier alpha value is -1.19. The lowest BCUT2D eigenvalue weighted by Gasteiger charge is -2.00. The first-order valence-corrected chi connectivity index (χ1v) is 5.21. The highest BCUT2D eigenvalue weighted by molar-refractivity contribution is 7.17. The lowest BCUT2D eigenvalue weighted by atomic mass is 10.1. The van der Waals surface area contributed by atoms with Crippen molar-refractivity contribution in [1.29, 1.82) is 0 Å². The summed E-state index contributed by atoms with van der Waals surface area (Å²) in [6.45, 7) is 2.01. The first kappa shape index (κ1) is 9.37. The van der Waals surface area contributed by atoms with Crippen LogP contribution in [0.15, 0.2) is 17.5 Å². The van der Waals surface area contributed by atoms with Crippen LogP contribution >= 0.6 is 11.3 Å². The molecule has 0 bridgehead atoms. The van der Waals surface area contributed by atoms with E-state index in [4.69, 9.17) is 5.11 Å². The van der Waals surface area contributed by atoms with Crippen LogP contribution in [0.5, 0.6) is 0 Å². The Morgan fingerprint density at radius 1 is 1.50 bits per heavy atom. The van der Waals surface area contributed by atoms with E-state index in [1.54, 1.807) is 11.3 Å². The van der Waals surface area contributed by atoms with E-state index in [1.807, 2.05) is 24.4 Å². The summed E-state index contributed by atoms with van der Waals surface area (Å²) >= 11 is 1.57. The predicted octanol–water partition coefficient (Wildman–Crippen LogP) is 2.51. The summed E-state index contributed by atoms with van der Waals surface area (Å²) in [5.74, 6) is 0. The van der Waals surface area contributed by atoms with Crippen LogP contribution < -0.4 is 0 Å². The van der Waals surface area contributed by atoms with Crippen molar-refractivity contribution in [3.8, 4) is 0 Å². The highest BCUT2D eigenvalue weighted by Gasteiger charge is 2.06. The lowest BCUT2D eigenvalue weighted by Crippen LogP contribution is -1.85. The fraction of sp³-hybridized carbons (Fsp3) is 0.182. The van der Waals surface area contributed by atoms with Gasteiger partial charge in [0, 0.05) is 21.0 Å². The van der Waals surface area contributed by atoms with Gasteiger partial charge in [0.1, 0.15) is 0 Å². The van der Waals surface area contributed by atoms with Crippen molar-refractivity contribution in [2.24, 2.45) is 0 Å². The molecule has 1 aromatic carbocycles. The van der Waals surface area contributed by atoms with Gasteiger partial charge in [-0.1, -0.05) is 6.07 Å². The molecule has 14 heavy (non-hydrogen) atoms. The second-order valence-corrected chi connectivity index (χ2v) is 4.14. The Bertz CT molecular complexity index is 485. The molecule has 3 heteroatoms. The minimum Gasteiger partial charge on any atom is -0.392 e. The van der Waals surface area contributed by atoms with Gasteiger partial charge in [-0.3, -0.25) is 4.79 Å². The highest BCUT2D eigenvalue weighted by Crippen LogP contribution is 2.29. The van der Waals surface area contributed by atoms with E-state index in [-0.39, 0.29) is 6.61 Å². The van der Waals surface area contributed by atoms with Crippen LogP contribution in [-0.2, 0) is 6.61 Å². The molecule has 0 atom stereocenters. The van der Waals surface area contributed by atoms with Gasteiger partial charge in [-0.2, -0.15) is 0 Å². The molecule has 1 aromatic heterocycles. The van der Waals surface area contributed by atoms with Crippen molar-refractivity contribution in [2.45, 2.75) is 13.5 Å². The molecule has 72 valence electrons. The molecule has 0 fully saturated rings. The summed E-state index contributed by atoms with van der Waals surface area (Å²) in [5, 5.41) is 11.8. The van der Waals surface area contributed by atoms with Crippen molar-refractivity contribution in [2.75, 3.05) is 0 Å². The van der Waals surface area contributed by atoms with Crippen LogP contribution in [0.2, 0.25) is 0 Å². The molecule has 0 radical (unpaired) electrons. The van der Waals surface area contributed by atoms with Gasteiger partial charge in [0.15, 0.2) is 6.29 Å². The van der Waals surface area contributed by atoms with Gasteiger partial charge in [-0.15, -0.1) is 11.3 Å². The molecule has 0 spiro atoms. The van der Waals surface area contributed by atoms with E-state index in [1.165, 1.54) is 0 Å². The largest absolute Gasteiger partial charge is 0.392 e. The first-order valence-electron chi connectivity index (χ1n) is 4.33. The normalized spacial score (nSPS) is 10.7. The molecular weight excluding hydrogens is 196 g/mol. The second kappa shape index (κ2) is 3.52. The summed E-state index contributed by atoms with van der Waals surface area (Å²) in [6, 6.07) is 3.83. The van der Waals surface area contributed by atoms with E-state index >= 15 is 0 Å². The SMILES string of the molecule is Cc1cc(CO)cc2c(C=O)csc12. The van der Waals surface area contributed by atoms with Crippen LogP contribution in [-0.4, -0.2) is 11.4 Å². The number of aldehydes is 1. The Labute approximate surface area is 85.8 Å². The predicted molar refractivity (Wildman–Crippen MR) is 57.9 cm³/mol. The number of aliphatic hydroxyl groups excluding tert-OH is 1. The Kier molecular flexibility index (Phi) is 2.35. The number of fused-ring (bicyclic) bond motifs is 1. The zero-order valence-electron chi connectivity index (χ0n) is 7.78. The van der Waals surface area contributed by atoms with Crippen LogP contribution in [0, 0.1) is 6.92 Å². The Morgan fingerprint density at radius 3 is 2.93 bits per heavy atom. The molecule has 2 rings (SSSR count). The number of hydrogen-bond acceptors (Lipinski definition) is 3. The number of benzene rings is 1. The van der Waals surface area contributed by atoms with Crippen LogP contribution in [0.1, 0.15) is 21.5 Å². The molecule has 0 aliphatic carbocycles. The molecule has 2 nitrogen and oxygen atoms in total. The summed E-state index contributed by atoms with van der Waals surface area (Å²) in [4.78, 5) is 10.7. The maximum absolute atomic E-state index is 10.7. The zero-order valence-corrected chi connectivity index (χ0v) is 8.60. The number of aliphatic hydroxyl groups is 1. The number of carbonyl (C=O) groups excluding carboxylic acids is 1. The summed E-state index contributed by atoms with van der Waals surface area (Å²) in [5.41, 5.74) is 2.68. The van der Waals surface area contributed by atoms with Crippen LogP contribution in [0.4, 0.5) is 0 Å². The Morgan fingerprint density at radius 2 is 2.29 bits per heavy atom. The third kappa shape index (κ3) is 1.35. The van der Waals surface area contributed by atoms with Gasteiger partial charge in [0.2, 0.25) is 0 Å². The maximum atomic E-state index is 10.7. The molecule has 0 amide bonds. The van der Waals surface area contributed by atoms with Gasteiger partial charge in [0.05, 0.1) is 6.61 Å². The third-order valence-corrected chi connectivity index (χ3v) is 3.41. The standard InChI is InChI=1S/C11H10O2S/c1-7-2-8(4-12)3-10-9(5-13)6-14-11(7)10/h2-3,5-6,12H,4H2,1H3. The van der Waals surface area contributed by atoms with Gasteiger partial charge in [0.25, 0.3) is 0 Å². The van der Waals surface area contributed by atoms with Gasteiger partial charge in [-0.25, -0.2) is 0 Å². The van der Waals surface area contributed by atoms with Crippen molar-refractivity contribution in [3.05, 3.63) is 34.2 Å². The van der Waals surface area contributed by atoms with E-state index in [0.29, 0.717) is 5.56 Å². The maximum Gasteiger partial charge on any atom is 0.151 e. The molecular formula is C11H10O2S. The first-order chi connectivity index (χ1) is 6.76. The minimum absolute atomic E-state index is 0.0188. The number of rotatable bonds is 2. The van der Waals surface area contributed by atoms with Crippen molar-refractivity contribution in [3.63, 3.8) is 0 Å². The highest BCUT2D eigenvalue weighted by atomic mass is 32.1. The zero-order chi connectivity index (χ0) is 10.1. The Balaban J connectivity index is 2.79. The molecule has 1 heterocycles. The minimum atomic E-state index is 0.0188. The topological polar surface area (TPSA) is 37.3 Å². The van der Waals surface area contributed by atoms with Crippen LogP contribution in [0.3, 0.4) is 0 Å². The van der Waals surface area contributed by atoms with Crippen molar-refractivity contribution < 1.29 is 9.90 Å². The van der Waals surface area contributed by atoms with E-state index in [9.17, 15) is 4.79 Å². The lowest BCUT2D eigenvalue weighted by molar-refractivity contribution is 0.112. The summed E-state index contributed by atoms with van der Waals surface area (Å²) in [6.07, 6.45) is 0.861. The summed E-state index contributed by atoms with van der Waals surface area (Å²) in [7, 11) is 0. The van der Waals surface area contributed by atoms with E-state index < -0.39 is 0 Å². The summed E-state index contributed by atoms with van der Waals surface area (Å²) < 4.78 is 1.13. The van der Waals surface area contributed by atoms with E-state index in [2.05, 4.69) is 0 Å². The number of hydrogen-bond donors (Lipinski definition) is 1. The molecule has 0 saturated heterocycles. The van der Waals surface area contributed by atoms with Gasteiger partial charge in [-0.05, 0) is 24.1 Å². The third-order valence-electron chi connectivity index (χ3n) is 2.26. The second-order valence-electron chi connectivity index (χ2n) is 3.26. The molecule has 0 saturated carbocycles. The smallest absolute Gasteiger partial charge is 0.151 e. The molecule has 0 aliphatic heterocycles. The average Bonchev–Trinajstić information content (AvgIpc) is 2.61. The van der Waals surface area contributed by atoms with Crippen LogP contribution in [0.25, 0.3) is 10.1 Å². The molecule has 1 N–H and O–H groups in total. The van der Waals surface area contributed by atoms with Gasteiger partial charge >= 0.3 is 0 Å². The fourth-order valence-corrected chi connectivity index (χ4v) is 2.56. The fourth-order valence-electron chi connectivity index (χ4n) is 1.59. The monoisotopic (exact) mass is 206 g/mol. The van der Waals surface area contributed by atoms with E-state index in [0.717, 1.165) is 27.5 Å². The number of aryl methyl sites for hydroxylation is 1.